The Hall–Kier alpha value is -3.54. The first kappa shape index (κ1) is 22.6. The van der Waals surface area contributed by atoms with Gasteiger partial charge >= 0.3 is 0 Å². The van der Waals surface area contributed by atoms with Gasteiger partial charge in [-0.15, -0.1) is 10.2 Å². The predicted molar refractivity (Wildman–Crippen MR) is 125 cm³/mol. The third-order valence-electron chi connectivity index (χ3n) is 5.07. The zero-order chi connectivity index (χ0) is 23.8. The lowest BCUT2D eigenvalue weighted by atomic mass is 10.1. The molecular weight excluding hydrogens is 462 g/mol. The molecule has 9 nitrogen and oxygen atoms in total. The summed E-state index contributed by atoms with van der Waals surface area (Å²) in [5.41, 5.74) is 3.43. The van der Waals surface area contributed by atoms with Gasteiger partial charge in [-0.3, -0.25) is 14.7 Å². The largest absolute Gasteiger partial charge is 0.284 e. The van der Waals surface area contributed by atoms with Gasteiger partial charge in [-0.1, -0.05) is 36.4 Å². The molecular formula is C22H19N5O4S2. The van der Waals surface area contributed by atoms with Crippen LogP contribution in [0.5, 0.6) is 0 Å². The summed E-state index contributed by atoms with van der Waals surface area (Å²) >= 11 is 1.02. The van der Waals surface area contributed by atoms with Crippen LogP contribution in [0.1, 0.15) is 11.1 Å². The van der Waals surface area contributed by atoms with E-state index in [0.717, 1.165) is 40.2 Å². The fourth-order valence-electron chi connectivity index (χ4n) is 3.21. The van der Waals surface area contributed by atoms with Crippen LogP contribution in [0.3, 0.4) is 0 Å². The van der Waals surface area contributed by atoms with E-state index < -0.39 is 14.9 Å². The molecule has 4 aromatic rings. The second kappa shape index (κ2) is 8.77. The van der Waals surface area contributed by atoms with Crippen molar-refractivity contribution in [1.82, 2.24) is 14.8 Å². The van der Waals surface area contributed by atoms with E-state index in [1.54, 1.807) is 0 Å². The number of nitro benzene ring substituents is 1. The van der Waals surface area contributed by atoms with Crippen molar-refractivity contribution in [3.05, 3.63) is 88.0 Å². The third-order valence-corrected chi connectivity index (χ3v) is 6.99. The average Bonchev–Trinajstić information content (AvgIpc) is 3.19. The molecule has 2 N–H and O–H groups in total. The standard InChI is InChI=1S/C22H19N5O4S2/c1-14-8-9-17(12-15(14)2)26-21(16-6-4-3-5-7-16)24-25-22(26)32-20-11-10-18(33(23,30)31)13-19(20)27(28)29/h3-13H,1-2H3,(H2,23,30,31). The normalized spacial score (nSPS) is 11.5. The molecule has 0 radical (unpaired) electrons. The summed E-state index contributed by atoms with van der Waals surface area (Å²) in [6.45, 7) is 4.00. The molecule has 3 aromatic carbocycles. The number of sulfonamides is 1. The average molecular weight is 482 g/mol. The summed E-state index contributed by atoms with van der Waals surface area (Å²) < 4.78 is 25.1. The fraction of sp³-hybridized carbons (Fsp3) is 0.0909. The van der Waals surface area contributed by atoms with Crippen LogP contribution < -0.4 is 5.14 Å². The summed E-state index contributed by atoms with van der Waals surface area (Å²) in [7, 11) is -4.09. The lowest BCUT2D eigenvalue weighted by Crippen LogP contribution is -2.12. The molecule has 0 aliphatic heterocycles. The first-order valence-electron chi connectivity index (χ1n) is 9.72. The van der Waals surface area contributed by atoms with E-state index in [9.17, 15) is 18.5 Å². The molecule has 1 aromatic heterocycles. The molecule has 0 unspecified atom stereocenters. The molecule has 0 atom stereocenters. The van der Waals surface area contributed by atoms with E-state index in [1.165, 1.54) is 12.1 Å². The second-order valence-electron chi connectivity index (χ2n) is 7.31. The van der Waals surface area contributed by atoms with Crippen molar-refractivity contribution in [2.45, 2.75) is 28.8 Å². The highest BCUT2D eigenvalue weighted by atomic mass is 32.2. The summed E-state index contributed by atoms with van der Waals surface area (Å²) in [5, 5.41) is 25.8. The van der Waals surface area contributed by atoms with Gasteiger partial charge in [-0.25, -0.2) is 13.6 Å². The van der Waals surface area contributed by atoms with Gasteiger partial charge in [0.25, 0.3) is 5.69 Å². The molecule has 11 heteroatoms. The lowest BCUT2D eigenvalue weighted by Gasteiger charge is -2.12. The van der Waals surface area contributed by atoms with Gasteiger partial charge in [0.1, 0.15) is 0 Å². The van der Waals surface area contributed by atoms with E-state index >= 15 is 0 Å². The molecule has 0 spiro atoms. The number of rotatable bonds is 6. The van der Waals surface area contributed by atoms with Crippen molar-refractivity contribution < 1.29 is 13.3 Å². The van der Waals surface area contributed by atoms with Crippen molar-refractivity contribution in [3.63, 3.8) is 0 Å². The van der Waals surface area contributed by atoms with Gasteiger partial charge in [0.15, 0.2) is 5.82 Å². The van der Waals surface area contributed by atoms with Gasteiger partial charge in [0, 0.05) is 11.6 Å². The van der Waals surface area contributed by atoms with Crippen molar-refractivity contribution in [2.24, 2.45) is 5.14 Å². The Morgan fingerprint density at radius 2 is 1.70 bits per heavy atom. The molecule has 168 valence electrons. The monoisotopic (exact) mass is 481 g/mol. The molecule has 0 aliphatic rings. The predicted octanol–water partition coefficient (Wildman–Crippen LogP) is 4.26. The topological polar surface area (TPSA) is 134 Å². The van der Waals surface area contributed by atoms with Crippen molar-refractivity contribution in [1.29, 1.82) is 0 Å². The van der Waals surface area contributed by atoms with Crippen LogP contribution in [0.2, 0.25) is 0 Å². The van der Waals surface area contributed by atoms with Crippen LogP contribution in [0.25, 0.3) is 17.1 Å². The maximum absolute atomic E-state index is 11.7. The number of nitrogens with zero attached hydrogens (tertiary/aromatic N) is 4. The van der Waals surface area contributed by atoms with E-state index in [1.807, 2.05) is 66.9 Å². The summed E-state index contributed by atoms with van der Waals surface area (Å²) in [6, 6.07) is 18.9. The molecule has 0 aliphatic carbocycles. The highest BCUT2D eigenvalue weighted by Crippen LogP contribution is 2.38. The number of aryl methyl sites for hydroxylation is 2. The first-order valence-corrected chi connectivity index (χ1v) is 12.1. The SMILES string of the molecule is Cc1ccc(-n2c(Sc3ccc(S(N)(=O)=O)cc3[N+](=O)[O-])nnc2-c2ccccc2)cc1C. The van der Waals surface area contributed by atoms with Gasteiger partial charge in [0.2, 0.25) is 15.2 Å². The van der Waals surface area contributed by atoms with E-state index in [-0.39, 0.29) is 15.5 Å². The van der Waals surface area contributed by atoms with E-state index in [4.69, 9.17) is 5.14 Å². The number of hydrogen-bond acceptors (Lipinski definition) is 7. The van der Waals surface area contributed by atoms with Gasteiger partial charge < -0.3 is 0 Å². The molecule has 33 heavy (non-hydrogen) atoms. The molecule has 0 saturated heterocycles. The summed E-state index contributed by atoms with van der Waals surface area (Å²) in [4.78, 5) is 10.9. The van der Waals surface area contributed by atoms with Crippen LogP contribution >= 0.6 is 11.8 Å². The Morgan fingerprint density at radius 3 is 2.33 bits per heavy atom. The summed E-state index contributed by atoms with van der Waals surface area (Å²) in [5.74, 6) is 0.574. The molecule has 0 bridgehead atoms. The maximum Gasteiger partial charge on any atom is 0.284 e. The van der Waals surface area contributed by atoms with Crippen molar-refractivity contribution in [3.8, 4) is 17.1 Å². The number of aromatic nitrogens is 3. The number of hydrogen-bond donors (Lipinski definition) is 1. The minimum absolute atomic E-state index is 0.212. The Bertz CT molecular complexity index is 1470. The van der Waals surface area contributed by atoms with E-state index in [2.05, 4.69) is 10.2 Å². The van der Waals surface area contributed by atoms with Crippen LogP contribution in [0, 0.1) is 24.0 Å². The smallest absolute Gasteiger partial charge is 0.270 e. The first-order chi connectivity index (χ1) is 15.6. The third kappa shape index (κ3) is 4.65. The van der Waals surface area contributed by atoms with Crippen molar-refractivity contribution in [2.75, 3.05) is 0 Å². The Morgan fingerprint density at radius 1 is 0.970 bits per heavy atom. The molecule has 0 amide bonds. The summed E-state index contributed by atoms with van der Waals surface area (Å²) in [6.07, 6.45) is 0. The minimum Gasteiger partial charge on any atom is -0.270 e. The Kier molecular flexibility index (Phi) is 6.02. The molecule has 1 heterocycles. The zero-order valence-corrected chi connectivity index (χ0v) is 19.3. The molecule has 0 saturated carbocycles. The van der Waals surface area contributed by atoms with Gasteiger partial charge in [-0.05, 0) is 61.0 Å². The molecule has 4 rings (SSSR count). The van der Waals surface area contributed by atoms with Crippen LogP contribution in [0.15, 0.2) is 81.7 Å². The Balaban J connectivity index is 1.88. The number of nitrogens with two attached hydrogens (primary N) is 1. The molecule has 0 fully saturated rings. The zero-order valence-electron chi connectivity index (χ0n) is 17.7. The van der Waals surface area contributed by atoms with Crippen LogP contribution in [-0.2, 0) is 10.0 Å². The minimum atomic E-state index is -4.09. The number of primary sulfonamides is 1. The highest BCUT2D eigenvalue weighted by Gasteiger charge is 2.23. The Labute approximate surface area is 194 Å². The quantitative estimate of drug-likeness (QED) is 0.321. The van der Waals surface area contributed by atoms with Gasteiger partial charge in [0.05, 0.1) is 20.4 Å². The van der Waals surface area contributed by atoms with Gasteiger partial charge in [-0.2, -0.15) is 0 Å². The maximum atomic E-state index is 11.7. The number of benzene rings is 3. The van der Waals surface area contributed by atoms with Crippen LogP contribution in [0.4, 0.5) is 5.69 Å². The fourth-order valence-corrected chi connectivity index (χ4v) is 4.68. The lowest BCUT2D eigenvalue weighted by molar-refractivity contribution is -0.388. The van der Waals surface area contributed by atoms with Crippen LogP contribution in [-0.4, -0.2) is 28.1 Å². The second-order valence-corrected chi connectivity index (χ2v) is 9.88. The highest BCUT2D eigenvalue weighted by molar-refractivity contribution is 7.99. The van der Waals surface area contributed by atoms with Crippen molar-refractivity contribution >= 4 is 27.5 Å². The van der Waals surface area contributed by atoms with E-state index in [0.29, 0.717) is 11.0 Å². The number of nitro groups is 1.